The Kier molecular flexibility index (Phi) is 7.70. The number of nitrogens with one attached hydrogen (secondary N) is 1. The van der Waals surface area contributed by atoms with Crippen molar-refractivity contribution in [3.8, 4) is 0 Å². The van der Waals surface area contributed by atoms with E-state index in [1.165, 1.54) is 18.4 Å². The molecule has 4 heteroatoms. The number of hydrogen-bond acceptors (Lipinski definition) is 3. The Morgan fingerprint density at radius 1 is 1.35 bits per heavy atom. The summed E-state index contributed by atoms with van der Waals surface area (Å²) >= 11 is 1.56. The van der Waals surface area contributed by atoms with Gasteiger partial charge in [-0.2, -0.15) is 11.8 Å². The minimum atomic E-state index is -0.0768. The molecule has 0 radical (unpaired) electrons. The molecule has 0 saturated carbocycles. The fourth-order valence-corrected chi connectivity index (χ4v) is 2.65. The number of hydrogen-bond donors (Lipinski definition) is 2. The van der Waals surface area contributed by atoms with Crippen LogP contribution >= 0.6 is 11.8 Å². The Morgan fingerprint density at radius 3 is 2.50 bits per heavy atom. The Labute approximate surface area is 126 Å². The van der Waals surface area contributed by atoms with Crippen LogP contribution in [0.5, 0.6) is 0 Å². The van der Waals surface area contributed by atoms with Crippen LogP contribution in [0.3, 0.4) is 0 Å². The van der Waals surface area contributed by atoms with Gasteiger partial charge >= 0.3 is 0 Å². The first-order valence-electron chi connectivity index (χ1n) is 7.15. The molecular formula is C16H25NO2S. The van der Waals surface area contributed by atoms with Crippen molar-refractivity contribution in [2.75, 3.05) is 12.9 Å². The van der Waals surface area contributed by atoms with Crippen molar-refractivity contribution in [1.82, 2.24) is 5.32 Å². The first-order chi connectivity index (χ1) is 9.62. The standard InChI is InChI=1S/C16H25NO2S/c1-4-5-6-13-7-9-14(10-8-13)16(19)17-12(2)15(11-18)20-3/h7-10,12,15,18H,4-6,11H2,1-3H3,(H,17,19). The van der Waals surface area contributed by atoms with E-state index in [1.807, 2.05) is 37.4 Å². The van der Waals surface area contributed by atoms with Gasteiger partial charge in [0.2, 0.25) is 0 Å². The summed E-state index contributed by atoms with van der Waals surface area (Å²) in [6.45, 7) is 4.16. The molecule has 1 aromatic carbocycles. The van der Waals surface area contributed by atoms with Gasteiger partial charge in [0.15, 0.2) is 0 Å². The maximum absolute atomic E-state index is 12.1. The van der Waals surface area contributed by atoms with Gasteiger partial charge in [-0.25, -0.2) is 0 Å². The summed E-state index contributed by atoms with van der Waals surface area (Å²) in [6.07, 6.45) is 5.35. The predicted molar refractivity (Wildman–Crippen MR) is 86.4 cm³/mol. The molecule has 2 N–H and O–H groups in total. The first kappa shape index (κ1) is 17.1. The van der Waals surface area contributed by atoms with Crippen molar-refractivity contribution in [2.45, 2.75) is 44.4 Å². The fraction of sp³-hybridized carbons (Fsp3) is 0.562. The van der Waals surface area contributed by atoms with Gasteiger partial charge in [0.25, 0.3) is 5.91 Å². The highest BCUT2D eigenvalue weighted by Crippen LogP contribution is 2.12. The number of aliphatic hydroxyl groups excluding tert-OH is 1. The number of rotatable bonds is 8. The second-order valence-corrected chi connectivity index (χ2v) is 6.10. The molecule has 0 spiro atoms. The topological polar surface area (TPSA) is 49.3 Å². The second-order valence-electron chi connectivity index (χ2n) is 5.02. The molecule has 0 heterocycles. The molecule has 0 aliphatic rings. The Morgan fingerprint density at radius 2 is 2.00 bits per heavy atom. The largest absolute Gasteiger partial charge is 0.395 e. The van der Waals surface area contributed by atoms with Gasteiger partial charge in [-0.1, -0.05) is 25.5 Å². The molecule has 112 valence electrons. The van der Waals surface area contributed by atoms with Gasteiger partial charge in [0.1, 0.15) is 0 Å². The van der Waals surface area contributed by atoms with Crippen molar-refractivity contribution < 1.29 is 9.90 Å². The van der Waals surface area contributed by atoms with Crippen molar-refractivity contribution in [2.24, 2.45) is 0 Å². The summed E-state index contributed by atoms with van der Waals surface area (Å²) < 4.78 is 0. The van der Waals surface area contributed by atoms with E-state index in [0.29, 0.717) is 5.56 Å². The summed E-state index contributed by atoms with van der Waals surface area (Å²) in [7, 11) is 0. The lowest BCUT2D eigenvalue weighted by molar-refractivity contribution is 0.0936. The molecule has 0 aromatic heterocycles. The minimum Gasteiger partial charge on any atom is -0.395 e. The van der Waals surface area contributed by atoms with Crippen molar-refractivity contribution in [3.05, 3.63) is 35.4 Å². The lowest BCUT2D eigenvalue weighted by Crippen LogP contribution is -2.41. The zero-order chi connectivity index (χ0) is 15.0. The van der Waals surface area contributed by atoms with Crippen LogP contribution in [0.1, 0.15) is 42.6 Å². The van der Waals surface area contributed by atoms with Crippen LogP contribution < -0.4 is 5.32 Å². The van der Waals surface area contributed by atoms with Gasteiger partial charge < -0.3 is 10.4 Å². The SMILES string of the molecule is CCCCc1ccc(C(=O)NC(C)C(CO)SC)cc1. The molecule has 2 atom stereocenters. The van der Waals surface area contributed by atoms with Crippen molar-refractivity contribution in [3.63, 3.8) is 0 Å². The number of aliphatic hydroxyl groups is 1. The third kappa shape index (κ3) is 5.17. The summed E-state index contributed by atoms with van der Waals surface area (Å²) in [6, 6.07) is 7.74. The smallest absolute Gasteiger partial charge is 0.251 e. The maximum Gasteiger partial charge on any atom is 0.251 e. The normalized spacial score (nSPS) is 13.8. The van der Waals surface area contributed by atoms with E-state index in [9.17, 15) is 9.90 Å². The molecule has 0 aliphatic carbocycles. The predicted octanol–water partition coefficient (Wildman–Crippen LogP) is 2.87. The number of carbonyl (C=O) groups is 1. The van der Waals surface area contributed by atoms with E-state index in [2.05, 4.69) is 12.2 Å². The lowest BCUT2D eigenvalue weighted by Gasteiger charge is -2.21. The fourth-order valence-electron chi connectivity index (χ4n) is 2.02. The Hall–Kier alpha value is -1.00. The van der Waals surface area contributed by atoms with Crippen LogP contribution in [0.25, 0.3) is 0 Å². The molecule has 1 rings (SSSR count). The second kappa shape index (κ2) is 9.03. The molecule has 1 aromatic rings. The summed E-state index contributed by atoms with van der Waals surface area (Å²) in [5, 5.41) is 12.2. The maximum atomic E-state index is 12.1. The van der Waals surface area contributed by atoms with Crippen LogP contribution in [0.15, 0.2) is 24.3 Å². The first-order valence-corrected chi connectivity index (χ1v) is 8.44. The van der Waals surface area contributed by atoms with Crippen LogP contribution in [0.4, 0.5) is 0 Å². The molecule has 2 unspecified atom stereocenters. The van der Waals surface area contributed by atoms with E-state index in [0.717, 1.165) is 6.42 Å². The summed E-state index contributed by atoms with van der Waals surface area (Å²) in [5.74, 6) is -0.0768. The highest BCUT2D eigenvalue weighted by atomic mass is 32.2. The molecule has 0 bridgehead atoms. The average Bonchev–Trinajstić information content (AvgIpc) is 2.46. The van der Waals surface area contributed by atoms with Gasteiger partial charge in [-0.15, -0.1) is 0 Å². The van der Waals surface area contributed by atoms with Crippen molar-refractivity contribution in [1.29, 1.82) is 0 Å². The van der Waals surface area contributed by atoms with E-state index < -0.39 is 0 Å². The van der Waals surface area contributed by atoms with Crippen LogP contribution in [-0.4, -0.2) is 35.2 Å². The summed E-state index contributed by atoms with van der Waals surface area (Å²) in [5.41, 5.74) is 1.95. The number of benzene rings is 1. The minimum absolute atomic E-state index is 0.0303. The van der Waals surface area contributed by atoms with E-state index >= 15 is 0 Å². The molecular weight excluding hydrogens is 270 g/mol. The van der Waals surface area contributed by atoms with Gasteiger partial charge in [0.05, 0.1) is 6.61 Å². The number of carbonyl (C=O) groups excluding carboxylic acids is 1. The monoisotopic (exact) mass is 295 g/mol. The Bertz CT molecular complexity index is 401. The molecule has 0 fully saturated rings. The van der Waals surface area contributed by atoms with Gasteiger partial charge in [0, 0.05) is 16.9 Å². The van der Waals surface area contributed by atoms with E-state index in [4.69, 9.17) is 0 Å². The molecule has 20 heavy (non-hydrogen) atoms. The molecule has 3 nitrogen and oxygen atoms in total. The average molecular weight is 295 g/mol. The highest BCUT2D eigenvalue weighted by molar-refractivity contribution is 7.99. The van der Waals surface area contributed by atoms with Crippen LogP contribution in [-0.2, 0) is 6.42 Å². The van der Waals surface area contributed by atoms with Crippen molar-refractivity contribution >= 4 is 17.7 Å². The number of unbranched alkanes of at least 4 members (excludes halogenated alkanes) is 1. The molecule has 0 saturated heterocycles. The van der Waals surface area contributed by atoms with E-state index in [-0.39, 0.29) is 23.8 Å². The quantitative estimate of drug-likeness (QED) is 0.775. The Balaban J connectivity index is 2.59. The zero-order valence-corrected chi connectivity index (χ0v) is 13.4. The third-order valence-corrected chi connectivity index (χ3v) is 4.60. The molecule has 0 aliphatic heterocycles. The van der Waals surface area contributed by atoms with Gasteiger partial charge in [-0.3, -0.25) is 4.79 Å². The number of amides is 1. The van der Waals surface area contributed by atoms with Gasteiger partial charge in [-0.05, 0) is 43.7 Å². The number of aryl methyl sites for hydroxylation is 1. The summed E-state index contributed by atoms with van der Waals surface area (Å²) in [4.78, 5) is 12.1. The van der Waals surface area contributed by atoms with Crippen LogP contribution in [0.2, 0.25) is 0 Å². The van der Waals surface area contributed by atoms with E-state index in [1.54, 1.807) is 11.8 Å². The molecule has 1 amide bonds. The lowest BCUT2D eigenvalue weighted by atomic mass is 10.1. The highest BCUT2D eigenvalue weighted by Gasteiger charge is 2.17. The third-order valence-electron chi connectivity index (χ3n) is 3.43. The number of thioether (sulfide) groups is 1. The zero-order valence-electron chi connectivity index (χ0n) is 12.6. The van der Waals surface area contributed by atoms with Crippen LogP contribution in [0, 0.1) is 0 Å².